The number of halogens is 1. The monoisotopic (exact) mass is 247 g/mol. The third-order valence-electron chi connectivity index (χ3n) is 2.69. The fourth-order valence-electron chi connectivity index (χ4n) is 1.72. The summed E-state index contributed by atoms with van der Waals surface area (Å²) in [6.07, 6.45) is 0. The van der Waals surface area contributed by atoms with Gasteiger partial charge in [0, 0.05) is 12.7 Å². The number of carbonyl (C=O) groups excluding carboxylic acids is 1. The number of aryl methyl sites for hydroxylation is 3. The van der Waals surface area contributed by atoms with Gasteiger partial charge in [0.1, 0.15) is 5.56 Å². The smallest absolute Gasteiger partial charge is 0.262 e. The molecule has 5 heteroatoms. The van der Waals surface area contributed by atoms with Crippen molar-refractivity contribution in [1.29, 1.82) is 0 Å². The molecule has 0 aliphatic heterocycles. The zero-order valence-electron chi connectivity index (χ0n) is 10.5. The molecule has 1 aromatic heterocycles. The molecule has 1 N–H and O–H groups in total. The molecule has 0 bridgehead atoms. The minimum Gasteiger partial charge on any atom is -0.322 e. The second-order valence-corrected chi connectivity index (χ2v) is 4.19. The number of amides is 1. The topological polar surface area (TPSA) is 46.9 Å². The number of nitrogens with zero attached hydrogens (tertiary/aromatic N) is 2. The first kappa shape index (κ1) is 12.3. The zero-order valence-corrected chi connectivity index (χ0v) is 10.5. The molecule has 2 rings (SSSR count). The molecule has 0 atom stereocenters. The Bertz CT molecular complexity index is 587. The first-order chi connectivity index (χ1) is 8.49. The van der Waals surface area contributed by atoms with E-state index >= 15 is 0 Å². The van der Waals surface area contributed by atoms with Crippen LogP contribution < -0.4 is 5.32 Å². The fourth-order valence-corrected chi connectivity index (χ4v) is 1.72. The molecule has 0 fully saturated rings. The number of hydrogen-bond acceptors (Lipinski definition) is 2. The minimum absolute atomic E-state index is 0.0157. The molecule has 0 aliphatic rings. The highest BCUT2D eigenvalue weighted by Gasteiger charge is 2.20. The highest BCUT2D eigenvalue weighted by atomic mass is 19.1. The number of benzene rings is 1. The van der Waals surface area contributed by atoms with Crippen molar-refractivity contribution in [3.63, 3.8) is 0 Å². The average Bonchev–Trinajstić information content (AvgIpc) is 2.56. The van der Waals surface area contributed by atoms with Crippen LogP contribution in [0.15, 0.2) is 24.3 Å². The lowest BCUT2D eigenvalue weighted by atomic mass is 10.2. The van der Waals surface area contributed by atoms with Crippen molar-refractivity contribution in [3.05, 3.63) is 47.0 Å². The number of rotatable bonds is 2. The fraction of sp³-hybridized carbons (Fsp3) is 0.231. The lowest BCUT2D eigenvalue weighted by molar-refractivity contribution is 0.102. The van der Waals surface area contributed by atoms with E-state index in [1.54, 1.807) is 19.1 Å². The van der Waals surface area contributed by atoms with E-state index in [1.807, 2.05) is 19.1 Å². The maximum Gasteiger partial charge on any atom is 0.262 e. The van der Waals surface area contributed by atoms with Crippen LogP contribution in [-0.4, -0.2) is 15.7 Å². The SMILES string of the molecule is Cc1ccc(NC(=O)c2c(C)nn(C)c2F)cc1. The summed E-state index contributed by atoms with van der Waals surface area (Å²) in [5.41, 5.74) is 2.09. The van der Waals surface area contributed by atoms with Gasteiger partial charge in [0.05, 0.1) is 5.69 Å². The van der Waals surface area contributed by atoms with Crippen LogP contribution in [0.3, 0.4) is 0 Å². The summed E-state index contributed by atoms with van der Waals surface area (Å²) in [6.45, 7) is 3.56. The van der Waals surface area contributed by atoms with Crippen molar-refractivity contribution in [3.8, 4) is 0 Å². The number of anilines is 1. The molecule has 4 nitrogen and oxygen atoms in total. The second-order valence-electron chi connectivity index (χ2n) is 4.19. The lowest BCUT2D eigenvalue weighted by Gasteiger charge is -2.04. The first-order valence-electron chi connectivity index (χ1n) is 5.56. The van der Waals surface area contributed by atoms with Crippen LogP contribution in [0.1, 0.15) is 21.6 Å². The summed E-state index contributed by atoms with van der Waals surface area (Å²) in [5, 5.41) is 6.52. The van der Waals surface area contributed by atoms with Crippen LogP contribution in [0.5, 0.6) is 0 Å². The predicted octanol–water partition coefficient (Wildman–Crippen LogP) is 2.43. The van der Waals surface area contributed by atoms with Crippen molar-refractivity contribution >= 4 is 11.6 Å². The average molecular weight is 247 g/mol. The van der Waals surface area contributed by atoms with Crippen molar-refractivity contribution in [2.24, 2.45) is 7.05 Å². The predicted molar refractivity (Wildman–Crippen MR) is 67.0 cm³/mol. The Kier molecular flexibility index (Phi) is 3.14. The quantitative estimate of drug-likeness (QED) is 0.886. The Balaban J connectivity index is 2.24. The van der Waals surface area contributed by atoms with E-state index in [0.717, 1.165) is 10.2 Å². The van der Waals surface area contributed by atoms with Gasteiger partial charge in [0.25, 0.3) is 5.91 Å². The molecule has 1 amide bonds. The molecule has 0 unspecified atom stereocenters. The molecule has 1 heterocycles. The molecule has 2 aromatic rings. The van der Waals surface area contributed by atoms with E-state index in [2.05, 4.69) is 10.4 Å². The maximum absolute atomic E-state index is 13.7. The van der Waals surface area contributed by atoms with Gasteiger partial charge >= 0.3 is 0 Å². The van der Waals surface area contributed by atoms with Crippen LogP contribution >= 0.6 is 0 Å². The summed E-state index contributed by atoms with van der Waals surface area (Å²) in [5.74, 6) is -1.11. The van der Waals surface area contributed by atoms with Crippen LogP contribution in [0.4, 0.5) is 10.1 Å². The number of hydrogen-bond donors (Lipinski definition) is 1. The zero-order chi connectivity index (χ0) is 13.3. The van der Waals surface area contributed by atoms with E-state index in [-0.39, 0.29) is 5.56 Å². The summed E-state index contributed by atoms with van der Waals surface area (Å²) in [7, 11) is 1.46. The van der Waals surface area contributed by atoms with E-state index < -0.39 is 11.9 Å². The summed E-state index contributed by atoms with van der Waals surface area (Å²) >= 11 is 0. The molecule has 0 saturated carbocycles. The van der Waals surface area contributed by atoms with Gasteiger partial charge in [-0.1, -0.05) is 17.7 Å². The van der Waals surface area contributed by atoms with Gasteiger partial charge in [-0.25, -0.2) is 4.68 Å². The van der Waals surface area contributed by atoms with Gasteiger partial charge in [-0.2, -0.15) is 9.49 Å². The Morgan fingerprint density at radius 3 is 2.39 bits per heavy atom. The second kappa shape index (κ2) is 4.60. The van der Waals surface area contributed by atoms with Crippen molar-refractivity contribution < 1.29 is 9.18 Å². The summed E-state index contributed by atoms with van der Waals surface area (Å²) in [4.78, 5) is 11.9. The van der Waals surface area contributed by atoms with Gasteiger partial charge in [-0.05, 0) is 26.0 Å². The number of aromatic nitrogens is 2. The Labute approximate surface area is 104 Å². The van der Waals surface area contributed by atoms with Crippen molar-refractivity contribution in [2.75, 3.05) is 5.32 Å². The lowest BCUT2D eigenvalue weighted by Crippen LogP contribution is -2.14. The van der Waals surface area contributed by atoms with E-state index in [9.17, 15) is 9.18 Å². The highest BCUT2D eigenvalue weighted by Crippen LogP contribution is 2.15. The van der Waals surface area contributed by atoms with Crippen LogP contribution in [0.25, 0.3) is 0 Å². The Morgan fingerprint density at radius 1 is 1.28 bits per heavy atom. The number of nitrogens with one attached hydrogen (secondary N) is 1. The Hall–Kier alpha value is -2.17. The van der Waals surface area contributed by atoms with Gasteiger partial charge in [0.15, 0.2) is 0 Å². The minimum atomic E-state index is -0.628. The van der Waals surface area contributed by atoms with Crippen LogP contribution in [-0.2, 0) is 7.05 Å². The van der Waals surface area contributed by atoms with Crippen LogP contribution in [0.2, 0.25) is 0 Å². The summed E-state index contributed by atoms with van der Waals surface area (Å²) < 4.78 is 14.7. The molecular formula is C13H14FN3O. The van der Waals surface area contributed by atoms with E-state index in [1.165, 1.54) is 7.05 Å². The molecule has 0 aliphatic carbocycles. The summed E-state index contributed by atoms with van der Waals surface area (Å²) in [6, 6.07) is 7.30. The molecule has 1 aromatic carbocycles. The third kappa shape index (κ3) is 2.25. The normalized spacial score (nSPS) is 10.4. The van der Waals surface area contributed by atoms with Gasteiger partial charge in [-0.3, -0.25) is 4.79 Å². The largest absolute Gasteiger partial charge is 0.322 e. The van der Waals surface area contributed by atoms with E-state index in [4.69, 9.17) is 0 Å². The highest BCUT2D eigenvalue weighted by molar-refractivity contribution is 6.05. The van der Waals surface area contributed by atoms with Gasteiger partial charge in [-0.15, -0.1) is 0 Å². The molecule has 94 valence electrons. The molecule has 0 saturated heterocycles. The van der Waals surface area contributed by atoms with Crippen molar-refractivity contribution in [2.45, 2.75) is 13.8 Å². The maximum atomic E-state index is 13.7. The Morgan fingerprint density at radius 2 is 1.89 bits per heavy atom. The van der Waals surface area contributed by atoms with Crippen LogP contribution in [0, 0.1) is 19.8 Å². The standard InChI is InChI=1S/C13H14FN3O/c1-8-4-6-10(7-5-8)15-13(18)11-9(2)16-17(3)12(11)14/h4-7H,1-3H3,(H,15,18). The molecule has 0 spiro atoms. The molecular weight excluding hydrogens is 233 g/mol. The van der Waals surface area contributed by atoms with Gasteiger partial charge in [0.2, 0.25) is 5.95 Å². The molecule has 18 heavy (non-hydrogen) atoms. The third-order valence-corrected chi connectivity index (χ3v) is 2.69. The molecule has 0 radical (unpaired) electrons. The first-order valence-corrected chi connectivity index (χ1v) is 5.56. The van der Waals surface area contributed by atoms with E-state index in [0.29, 0.717) is 11.4 Å². The number of carbonyl (C=O) groups is 1. The van der Waals surface area contributed by atoms with Gasteiger partial charge < -0.3 is 5.32 Å². The van der Waals surface area contributed by atoms with Crippen molar-refractivity contribution in [1.82, 2.24) is 9.78 Å².